The predicted molar refractivity (Wildman–Crippen MR) is 170 cm³/mol. The number of rotatable bonds is 9. The molecule has 0 bridgehead atoms. The maximum atomic E-state index is 14.4. The van der Waals surface area contributed by atoms with Crippen molar-refractivity contribution in [3.63, 3.8) is 0 Å². The molecular weight excluding hydrogens is 695 g/mol. The van der Waals surface area contributed by atoms with E-state index in [4.69, 9.17) is 14.6 Å². The second-order valence-electron chi connectivity index (χ2n) is 12.8. The summed E-state index contributed by atoms with van der Waals surface area (Å²) < 4.78 is 91.4. The number of carbonyl (C=O) groups is 4. The number of carboxylic acids is 1. The van der Waals surface area contributed by atoms with Crippen LogP contribution in [0.4, 0.5) is 36.4 Å². The molecule has 18 heteroatoms. The second kappa shape index (κ2) is 16.2. The van der Waals surface area contributed by atoms with Gasteiger partial charge in [-0.3, -0.25) is 14.4 Å². The Morgan fingerprint density at radius 1 is 1.00 bits per heavy atom. The van der Waals surface area contributed by atoms with Crippen molar-refractivity contribution in [1.82, 2.24) is 20.0 Å². The molecule has 11 nitrogen and oxygen atoms in total. The minimum Gasteiger partial charge on any atom is -0.492 e. The highest BCUT2D eigenvalue weighted by molar-refractivity contribution is 5.98. The number of halogens is 7. The molecule has 1 spiro atoms. The minimum absolute atomic E-state index is 0.0513. The average molecular weight is 736 g/mol. The number of alkyl halides is 6. The number of aliphatic carboxylic acids is 1. The van der Waals surface area contributed by atoms with Crippen molar-refractivity contribution in [3.05, 3.63) is 59.4 Å². The van der Waals surface area contributed by atoms with Crippen molar-refractivity contribution in [2.24, 2.45) is 5.92 Å². The molecule has 0 aliphatic carbocycles. The zero-order chi connectivity index (χ0) is 38.5. The van der Waals surface area contributed by atoms with Gasteiger partial charge in [0, 0.05) is 32.4 Å². The Hall–Kier alpha value is -4.61. The van der Waals surface area contributed by atoms with E-state index in [2.05, 4.69) is 5.32 Å². The van der Waals surface area contributed by atoms with Gasteiger partial charge in [-0.1, -0.05) is 13.8 Å². The van der Waals surface area contributed by atoms with E-state index in [0.29, 0.717) is 44.3 Å². The number of nitrogens with one attached hydrogen (secondary N) is 1. The summed E-state index contributed by atoms with van der Waals surface area (Å²) in [6.07, 6.45) is -9.17. The number of carboxylic acid groups (broad SMARTS) is 1. The van der Waals surface area contributed by atoms with Crippen LogP contribution in [0, 0.1) is 11.7 Å². The number of hydrogen-bond donors (Lipinski definition) is 2. The van der Waals surface area contributed by atoms with E-state index in [1.165, 1.54) is 0 Å². The van der Waals surface area contributed by atoms with Crippen molar-refractivity contribution in [2.75, 3.05) is 59.0 Å². The molecule has 1 atom stereocenters. The van der Waals surface area contributed by atoms with E-state index in [-0.39, 0.29) is 19.0 Å². The predicted octanol–water partition coefficient (Wildman–Crippen LogP) is 4.47. The van der Waals surface area contributed by atoms with Crippen LogP contribution < -0.4 is 15.0 Å². The van der Waals surface area contributed by atoms with Crippen LogP contribution in [0.15, 0.2) is 42.5 Å². The standard InChI is InChI=1S/C31H39F4N5O4.C2HF3O2/c1-20(2)26(36-27(41)24-18-21(31(33,34)35)6-11-25(24)32)28(42)39-14-12-30(13-15-39)29(43)38(5)19-40(30)22-7-9-23(10-8-22)44-17-16-37(3)4;3-2(4,5)1(6)7/h6-11,18,20,26H,12-17,19H2,1-5H3,(H,36,41);(H,6,7)/t26-;/m1./s1. The van der Waals surface area contributed by atoms with E-state index >= 15 is 0 Å². The highest BCUT2D eigenvalue weighted by Crippen LogP contribution is 2.40. The van der Waals surface area contributed by atoms with Crippen molar-refractivity contribution in [2.45, 2.75) is 50.6 Å². The maximum absolute atomic E-state index is 14.4. The number of amides is 3. The molecule has 2 heterocycles. The number of likely N-dealkylation sites (N-methyl/N-ethyl adjacent to an activating group) is 2. The van der Waals surface area contributed by atoms with Gasteiger partial charge in [0.15, 0.2) is 0 Å². The van der Waals surface area contributed by atoms with E-state index in [1.807, 2.05) is 48.2 Å². The average Bonchev–Trinajstić information content (AvgIpc) is 3.27. The first-order chi connectivity index (χ1) is 23.6. The van der Waals surface area contributed by atoms with Gasteiger partial charge in [0.2, 0.25) is 11.8 Å². The third-order valence-corrected chi connectivity index (χ3v) is 8.47. The number of ether oxygens (including phenoxy) is 1. The summed E-state index contributed by atoms with van der Waals surface area (Å²) >= 11 is 0. The maximum Gasteiger partial charge on any atom is 0.490 e. The van der Waals surface area contributed by atoms with Crippen molar-refractivity contribution in [3.8, 4) is 5.75 Å². The summed E-state index contributed by atoms with van der Waals surface area (Å²) in [7, 11) is 5.66. The van der Waals surface area contributed by atoms with Crippen LogP contribution in [0.3, 0.4) is 0 Å². The second-order valence-corrected chi connectivity index (χ2v) is 12.8. The summed E-state index contributed by atoms with van der Waals surface area (Å²) in [6, 6.07) is 8.02. The molecule has 3 amide bonds. The Labute approximate surface area is 289 Å². The Kier molecular flexibility index (Phi) is 12.9. The largest absolute Gasteiger partial charge is 0.492 e. The zero-order valence-corrected chi connectivity index (χ0v) is 28.6. The number of carbonyl (C=O) groups excluding carboxylic acids is 3. The van der Waals surface area contributed by atoms with Gasteiger partial charge < -0.3 is 34.8 Å². The van der Waals surface area contributed by atoms with Gasteiger partial charge in [-0.05, 0) is 75.3 Å². The van der Waals surface area contributed by atoms with E-state index < -0.39 is 64.6 Å². The fourth-order valence-electron chi connectivity index (χ4n) is 5.67. The fourth-order valence-corrected chi connectivity index (χ4v) is 5.67. The molecule has 2 aliphatic rings. The van der Waals surface area contributed by atoms with Gasteiger partial charge in [0.05, 0.1) is 17.8 Å². The summed E-state index contributed by atoms with van der Waals surface area (Å²) in [5.74, 6) is -5.21. The molecule has 2 fully saturated rings. The number of piperidine rings is 1. The van der Waals surface area contributed by atoms with Crippen LogP contribution in [0.1, 0.15) is 42.6 Å². The fraction of sp³-hybridized carbons (Fsp3) is 0.515. The highest BCUT2D eigenvalue weighted by Gasteiger charge is 2.53. The normalized spacial score (nSPS) is 16.7. The Balaban J connectivity index is 0.000000908. The van der Waals surface area contributed by atoms with Crippen molar-refractivity contribution >= 4 is 29.4 Å². The SMILES string of the molecule is CC(C)[C@@H](NC(=O)c1cc(C(F)(F)F)ccc1F)C(=O)N1CCC2(CC1)C(=O)N(C)CN2c1ccc(OCCN(C)C)cc1.O=C(O)C(F)(F)F. The Morgan fingerprint density at radius 2 is 1.57 bits per heavy atom. The van der Waals surface area contributed by atoms with Crippen LogP contribution >= 0.6 is 0 Å². The molecule has 0 saturated carbocycles. The van der Waals surface area contributed by atoms with Gasteiger partial charge in [-0.15, -0.1) is 0 Å². The first-order valence-electron chi connectivity index (χ1n) is 15.8. The van der Waals surface area contributed by atoms with Gasteiger partial charge in [0.1, 0.15) is 29.8 Å². The zero-order valence-electron chi connectivity index (χ0n) is 28.6. The molecule has 0 unspecified atom stereocenters. The molecule has 0 aromatic heterocycles. The number of likely N-dealkylation sites (tertiary alicyclic amines) is 1. The number of hydrogen-bond acceptors (Lipinski definition) is 7. The van der Waals surface area contributed by atoms with Crippen molar-refractivity contribution < 1.29 is 59.8 Å². The van der Waals surface area contributed by atoms with Crippen LogP contribution in [0.5, 0.6) is 5.75 Å². The molecule has 2 aromatic carbocycles. The van der Waals surface area contributed by atoms with E-state index in [1.54, 1.807) is 30.7 Å². The molecular formula is C33H40F7N5O6. The molecule has 2 aliphatic heterocycles. The summed E-state index contributed by atoms with van der Waals surface area (Å²) in [5.41, 5.74) is -1.98. The van der Waals surface area contributed by atoms with Crippen molar-refractivity contribution in [1.29, 1.82) is 0 Å². The summed E-state index contributed by atoms with van der Waals surface area (Å²) in [5, 5.41) is 9.57. The van der Waals surface area contributed by atoms with Crippen LogP contribution in [0.2, 0.25) is 0 Å². The lowest BCUT2D eigenvalue weighted by Gasteiger charge is -2.44. The molecule has 2 aromatic rings. The van der Waals surface area contributed by atoms with Gasteiger partial charge >= 0.3 is 18.3 Å². The topological polar surface area (TPSA) is 123 Å². The third-order valence-electron chi connectivity index (χ3n) is 8.47. The molecule has 282 valence electrons. The number of anilines is 1. The number of benzene rings is 2. The van der Waals surface area contributed by atoms with Crippen LogP contribution in [-0.2, 0) is 20.6 Å². The van der Waals surface area contributed by atoms with E-state index in [0.717, 1.165) is 18.0 Å². The van der Waals surface area contributed by atoms with Gasteiger partial charge in [-0.25, -0.2) is 9.18 Å². The third kappa shape index (κ3) is 10.0. The monoisotopic (exact) mass is 735 g/mol. The lowest BCUT2D eigenvalue weighted by Crippen LogP contribution is -2.60. The first-order valence-corrected chi connectivity index (χ1v) is 15.8. The lowest BCUT2D eigenvalue weighted by atomic mass is 9.85. The Morgan fingerprint density at radius 3 is 2.06 bits per heavy atom. The molecule has 2 N–H and O–H groups in total. The Bertz CT molecular complexity index is 1560. The molecule has 51 heavy (non-hydrogen) atoms. The first kappa shape index (κ1) is 40.8. The van der Waals surface area contributed by atoms with Crippen LogP contribution in [-0.4, -0.2) is 115 Å². The molecule has 0 radical (unpaired) electrons. The van der Waals surface area contributed by atoms with Crippen LogP contribution in [0.25, 0.3) is 0 Å². The lowest BCUT2D eigenvalue weighted by molar-refractivity contribution is -0.192. The van der Waals surface area contributed by atoms with Gasteiger partial charge in [0.25, 0.3) is 5.91 Å². The van der Waals surface area contributed by atoms with Gasteiger partial charge in [-0.2, -0.15) is 26.3 Å². The smallest absolute Gasteiger partial charge is 0.490 e. The summed E-state index contributed by atoms with van der Waals surface area (Å²) in [6.45, 7) is 5.49. The minimum atomic E-state index is -5.08. The number of nitrogens with zero attached hydrogens (tertiary/aromatic N) is 4. The van der Waals surface area contributed by atoms with E-state index in [9.17, 15) is 45.1 Å². The highest BCUT2D eigenvalue weighted by atomic mass is 19.4. The molecule has 4 rings (SSSR count). The summed E-state index contributed by atoms with van der Waals surface area (Å²) in [4.78, 5) is 56.1. The quantitative estimate of drug-likeness (QED) is 0.362. The molecule has 2 saturated heterocycles.